The second-order valence-electron chi connectivity index (χ2n) is 7.23. The van der Waals surface area contributed by atoms with Gasteiger partial charge in [-0.2, -0.15) is 0 Å². The summed E-state index contributed by atoms with van der Waals surface area (Å²) in [6.45, 7) is 5.88. The van der Waals surface area contributed by atoms with Gasteiger partial charge >= 0.3 is 5.97 Å². The fraction of sp³-hybridized carbons (Fsp3) is 0.333. The van der Waals surface area contributed by atoms with Crippen molar-refractivity contribution in [2.24, 2.45) is 0 Å². The van der Waals surface area contributed by atoms with Gasteiger partial charge in [0.05, 0.1) is 17.7 Å². The van der Waals surface area contributed by atoms with E-state index in [1.807, 2.05) is 32.0 Å². The highest BCUT2D eigenvalue weighted by atomic mass is 16.5. The van der Waals surface area contributed by atoms with Crippen LogP contribution < -0.4 is 10.6 Å². The number of carbonyl (C=O) groups is 2. The third-order valence-electron chi connectivity index (χ3n) is 5.00. The van der Waals surface area contributed by atoms with E-state index in [4.69, 9.17) is 4.74 Å². The molecule has 4 rings (SSSR count). The van der Waals surface area contributed by atoms with E-state index in [9.17, 15) is 9.59 Å². The van der Waals surface area contributed by atoms with Gasteiger partial charge in [0, 0.05) is 23.5 Å². The zero-order chi connectivity index (χ0) is 20.5. The maximum Gasteiger partial charge on any atom is 0.339 e. The molecule has 0 spiro atoms. The van der Waals surface area contributed by atoms with Gasteiger partial charge in [0.15, 0.2) is 5.82 Å². The highest BCUT2D eigenvalue weighted by molar-refractivity contribution is 5.97. The molecule has 0 radical (unpaired) electrons. The number of aromatic nitrogens is 3. The fourth-order valence-corrected chi connectivity index (χ4v) is 3.22. The number of esters is 1. The zero-order valence-corrected chi connectivity index (χ0v) is 16.7. The Morgan fingerprint density at radius 2 is 2.07 bits per heavy atom. The molecule has 29 heavy (non-hydrogen) atoms. The summed E-state index contributed by atoms with van der Waals surface area (Å²) in [4.78, 5) is 24.6. The molecule has 1 fully saturated rings. The minimum absolute atomic E-state index is 0.0803. The highest BCUT2D eigenvalue weighted by Crippen LogP contribution is 2.28. The monoisotopic (exact) mass is 393 g/mol. The van der Waals surface area contributed by atoms with Crippen LogP contribution in [0, 0.1) is 13.8 Å². The predicted octanol–water partition coefficient (Wildman–Crippen LogP) is 3.16. The van der Waals surface area contributed by atoms with Crippen molar-refractivity contribution in [3.05, 3.63) is 53.0 Å². The van der Waals surface area contributed by atoms with Crippen molar-refractivity contribution in [2.45, 2.75) is 39.7 Å². The molecule has 1 aromatic carbocycles. The zero-order valence-electron chi connectivity index (χ0n) is 16.7. The topological polar surface area (TPSA) is 97.6 Å². The number of hydrogen-bond acceptors (Lipinski definition) is 6. The molecule has 8 nitrogen and oxygen atoms in total. The number of aryl methyl sites for hydroxylation is 2. The van der Waals surface area contributed by atoms with Crippen LogP contribution in [0.25, 0.3) is 5.52 Å². The van der Waals surface area contributed by atoms with Crippen molar-refractivity contribution in [3.63, 3.8) is 0 Å². The van der Waals surface area contributed by atoms with Crippen molar-refractivity contribution in [2.75, 3.05) is 11.9 Å². The Balaban J connectivity index is 1.69. The van der Waals surface area contributed by atoms with Gasteiger partial charge in [-0.25, -0.2) is 4.79 Å². The SMILES string of the molecule is CCOC(=O)c1cn2cnnc(Nc3cc(C(=O)NC4CC4)ccc3C)c2c1C. The third-order valence-corrected chi connectivity index (χ3v) is 5.00. The summed E-state index contributed by atoms with van der Waals surface area (Å²) in [7, 11) is 0. The second-order valence-corrected chi connectivity index (χ2v) is 7.23. The third kappa shape index (κ3) is 3.78. The van der Waals surface area contributed by atoms with Crippen LogP contribution in [0.4, 0.5) is 11.5 Å². The van der Waals surface area contributed by atoms with Crippen molar-refractivity contribution >= 4 is 28.9 Å². The second kappa shape index (κ2) is 7.54. The molecule has 1 aliphatic carbocycles. The molecule has 150 valence electrons. The lowest BCUT2D eigenvalue weighted by molar-refractivity contribution is 0.0525. The number of benzene rings is 1. The predicted molar refractivity (Wildman–Crippen MR) is 109 cm³/mol. The number of hydrogen-bond donors (Lipinski definition) is 2. The van der Waals surface area contributed by atoms with Gasteiger partial charge in [-0.15, -0.1) is 10.2 Å². The van der Waals surface area contributed by atoms with Crippen LogP contribution in [0.3, 0.4) is 0 Å². The molecule has 1 saturated carbocycles. The number of ether oxygens (including phenoxy) is 1. The Morgan fingerprint density at radius 1 is 1.28 bits per heavy atom. The number of fused-ring (bicyclic) bond motifs is 1. The first-order chi connectivity index (χ1) is 14.0. The molecule has 0 saturated heterocycles. The average molecular weight is 393 g/mol. The van der Waals surface area contributed by atoms with E-state index < -0.39 is 0 Å². The first-order valence-corrected chi connectivity index (χ1v) is 9.66. The molecule has 0 atom stereocenters. The van der Waals surface area contributed by atoms with Gasteiger partial charge in [0.2, 0.25) is 0 Å². The molecule has 2 aromatic heterocycles. The Kier molecular flexibility index (Phi) is 4.92. The van der Waals surface area contributed by atoms with E-state index in [1.54, 1.807) is 23.8 Å². The first-order valence-electron chi connectivity index (χ1n) is 9.66. The number of carbonyl (C=O) groups excluding carboxylic acids is 2. The van der Waals surface area contributed by atoms with Gasteiger partial charge in [-0.3, -0.25) is 4.79 Å². The van der Waals surface area contributed by atoms with E-state index in [0.717, 1.165) is 35.2 Å². The number of rotatable bonds is 6. The van der Waals surface area contributed by atoms with E-state index in [2.05, 4.69) is 20.8 Å². The molecule has 0 unspecified atom stereocenters. The quantitative estimate of drug-likeness (QED) is 0.625. The summed E-state index contributed by atoms with van der Waals surface area (Å²) >= 11 is 0. The van der Waals surface area contributed by atoms with Gasteiger partial charge in [-0.05, 0) is 56.9 Å². The molecular weight excluding hydrogens is 370 g/mol. The fourth-order valence-electron chi connectivity index (χ4n) is 3.22. The summed E-state index contributed by atoms with van der Waals surface area (Å²) in [5, 5.41) is 14.5. The summed E-state index contributed by atoms with van der Waals surface area (Å²) in [5.41, 5.74) is 4.26. The summed E-state index contributed by atoms with van der Waals surface area (Å²) in [5.74, 6) is 0.0429. The standard InChI is InChI=1S/C21H23N5O3/c1-4-29-21(28)16-10-26-11-22-25-19(18(26)13(16)3)24-17-9-14(6-5-12(17)2)20(27)23-15-7-8-15/h5-6,9-11,15H,4,7-8H2,1-3H3,(H,23,27)(H,24,25). The van der Waals surface area contributed by atoms with Crippen molar-refractivity contribution in [1.29, 1.82) is 0 Å². The normalized spacial score (nSPS) is 13.3. The number of amides is 1. The Bertz CT molecular complexity index is 1100. The number of anilines is 2. The van der Waals surface area contributed by atoms with Crippen LogP contribution in [-0.2, 0) is 4.74 Å². The Morgan fingerprint density at radius 3 is 2.79 bits per heavy atom. The van der Waals surface area contributed by atoms with E-state index in [-0.39, 0.29) is 11.9 Å². The van der Waals surface area contributed by atoms with Gasteiger partial charge < -0.3 is 19.8 Å². The van der Waals surface area contributed by atoms with Gasteiger partial charge in [0.1, 0.15) is 6.33 Å². The number of nitrogens with zero attached hydrogens (tertiary/aromatic N) is 3. The molecule has 3 aromatic rings. The van der Waals surface area contributed by atoms with Crippen LogP contribution in [-0.4, -0.2) is 39.1 Å². The molecule has 0 aliphatic heterocycles. The largest absolute Gasteiger partial charge is 0.462 e. The molecule has 8 heteroatoms. The number of nitrogens with one attached hydrogen (secondary N) is 2. The first kappa shape index (κ1) is 18.9. The Hall–Kier alpha value is -3.42. The molecule has 0 bridgehead atoms. The lowest BCUT2D eigenvalue weighted by Gasteiger charge is -2.12. The van der Waals surface area contributed by atoms with Crippen LogP contribution in [0.2, 0.25) is 0 Å². The maximum atomic E-state index is 12.4. The lowest BCUT2D eigenvalue weighted by Crippen LogP contribution is -2.25. The van der Waals surface area contributed by atoms with Gasteiger partial charge in [-0.1, -0.05) is 6.07 Å². The van der Waals surface area contributed by atoms with Crippen LogP contribution >= 0.6 is 0 Å². The van der Waals surface area contributed by atoms with Crippen LogP contribution in [0.5, 0.6) is 0 Å². The summed E-state index contributed by atoms with van der Waals surface area (Å²) in [6.07, 6.45) is 5.31. The molecule has 1 aliphatic rings. The average Bonchev–Trinajstić information content (AvgIpc) is 3.44. The molecule has 1 amide bonds. The molecule has 2 heterocycles. The molecule has 2 N–H and O–H groups in total. The van der Waals surface area contributed by atoms with E-state index >= 15 is 0 Å². The minimum Gasteiger partial charge on any atom is -0.462 e. The lowest BCUT2D eigenvalue weighted by atomic mass is 10.1. The van der Waals surface area contributed by atoms with Crippen molar-refractivity contribution < 1.29 is 14.3 Å². The summed E-state index contributed by atoms with van der Waals surface area (Å²) < 4.78 is 6.88. The summed E-state index contributed by atoms with van der Waals surface area (Å²) in [6, 6.07) is 5.81. The van der Waals surface area contributed by atoms with Crippen LogP contribution in [0.1, 0.15) is 51.6 Å². The van der Waals surface area contributed by atoms with Gasteiger partial charge in [0.25, 0.3) is 5.91 Å². The minimum atomic E-state index is -0.380. The highest BCUT2D eigenvalue weighted by Gasteiger charge is 2.24. The van der Waals surface area contributed by atoms with Crippen molar-refractivity contribution in [1.82, 2.24) is 19.9 Å². The van der Waals surface area contributed by atoms with E-state index in [1.165, 1.54) is 0 Å². The van der Waals surface area contributed by atoms with E-state index in [0.29, 0.717) is 29.6 Å². The smallest absolute Gasteiger partial charge is 0.339 e. The Labute approximate surface area is 168 Å². The van der Waals surface area contributed by atoms with Crippen LogP contribution in [0.15, 0.2) is 30.7 Å². The maximum absolute atomic E-state index is 12.4. The molecular formula is C21H23N5O3. The van der Waals surface area contributed by atoms with Crippen molar-refractivity contribution in [3.8, 4) is 0 Å².